The Bertz CT molecular complexity index is 404. The fourth-order valence-electron chi connectivity index (χ4n) is 1.90. The largest absolute Gasteiger partial charge is 0.271 e. The van der Waals surface area contributed by atoms with Crippen LogP contribution in [0.5, 0.6) is 0 Å². The van der Waals surface area contributed by atoms with E-state index in [2.05, 4.69) is 22.4 Å². The van der Waals surface area contributed by atoms with E-state index in [1.54, 1.807) is 24.5 Å². The molecule has 1 aromatic heterocycles. The van der Waals surface area contributed by atoms with Gasteiger partial charge in [-0.25, -0.2) is 5.43 Å². The summed E-state index contributed by atoms with van der Waals surface area (Å²) in [6.07, 6.45) is 7.54. The Hall–Kier alpha value is -1.71. The van der Waals surface area contributed by atoms with Crippen molar-refractivity contribution in [2.24, 2.45) is 11.0 Å². The maximum absolute atomic E-state index is 11.7. The number of rotatable bonds is 2. The highest BCUT2D eigenvalue weighted by atomic mass is 16.2. The number of hydrogen-bond donors (Lipinski definition) is 1. The second kappa shape index (κ2) is 5.57. The minimum absolute atomic E-state index is 0.168. The summed E-state index contributed by atoms with van der Waals surface area (Å²) in [6, 6.07) is 3.36. The Morgan fingerprint density at radius 1 is 1.35 bits per heavy atom. The highest BCUT2D eigenvalue weighted by Crippen LogP contribution is 2.20. The molecule has 0 radical (unpaired) electrons. The minimum atomic E-state index is -0.168. The maximum Gasteiger partial charge on any atom is 0.271 e. The van der Waals surface area contributed by atoms with E-state index in [9.17, 15) is 4.79 Å². The molecule has 0 spiro atoms. The van der Waals surface area contributed by atoms with Crippen LogP contribution >= 0.6 is 0 Å². The third-order valence-corrected chi connectivity index (χ3v) is 3.11. The molecule has 1 fully saturated rings. The molecule has 0 saturated heterocycles. The minimum Gasteiger partial charge on any atom is -0.267 e. The fourth-order valence-corrected chi connectivity index (χ4v) is 1.90. The number of aromatic nitrogens is 1. The zero-order valence-corrected chi connectivity index (χ0v) is 10.0. The van der Waals surface area contributed by atoms with E-state index in [0.717, 1.165) is 24.5 Å². The Labute approximate surface area is 101 Å². The average molecular weight is 231 g/mol. The third kappa shape index (κ3) is 3.37. The van der Waals surface area contributed by atoms with E-state index >= 15 is 0 Å². The number of carbonyl (C=O) groups is 1. The molecule has 1 amide bonds. The lowest BCUT2D eigenvalue weighted by molar-refractivity contribution is 0.0954. The molecular weight excluding hydrogens is 214 g/mol. The smallest absolute Gasteiger partial charge is 0.267 e. The number of hydrazone groups is 1. The molecule has 1 aromatic rings. The normalized spacial score (nSPS) is 19.8. The van der Waals surface area contributed by atoms with Crippen molar-refractivity contribution in [2.75, 3.05) is 0 Å². The van der Waals surface area contributed by atoms with Crippen LogP contribution in [0, 0.1) is 5.92 Å². The van der Waals surface area contributed by atoms with Crippen LogP contribution in [-0.2, 0) is 0 Å². The van der Waals surface area contributed by atoms with Gasteiger partial charge in [-0.1, -0.05) is 6.92 Å². The molecule has 0 aromatic carbocycles. The second-order valence-electron chi connectivity index (χ2n) is 4.54. The van der Waals surface area contributed by atoms with Gasteiger partial charge in [-0.15, -0.1) is 0 Å². The van der Waals surface area contributed by atoms with Crippen LogP contribution in [-0.4, -0.2) is 16.6 Å². The molecule has 4 heteroatoms. The zero-order valence-electron chi connectivity index (χ0n) is 10.0. The van der Waals surface area contributed by atoms with Crippen molar-refractivity contribution in [3.8, 4) is 0 Å². The molecule has 90 valence electrons. The Kier molecular flexibility index (Phi) is 3.85. The second-order valence-corrected chi connectivity index (χ2v) is 4.54. The molecule has 1 aliphatic carbocycles. The number of amides is 1. The zero-order chi connectivity index (χ0) is 12.1. The summed E-state index contributed by atoms with van der Waals surface area (Å²) in [5, 5.41) is 4.19. The molecule has 1 heterocycles. The van der Waals surface area contributed by atoms with E-state index < -0.39 is 0 Å². The number of pyridine rings is 1. The summed E-state index contributed by atoms with van der Waals surface area (Å²) in [5.74, 6) is 0.614. The van der Waals surface area contributed by atoms with E-state index in [-0.39, 0.29) is 5.91 Å². The van der Waals surface area contributed by atoms with Crippen LogP contribution in [0.4, 0.5) is 0 Å². The predicted octanol–water partition coefficient (Wildman–Crippen LogP) is 2.38. The number of carbonyl (C=O) groups excluding carboxylic acids is 1. The first-order valence-electron chi connectivity index (χ1n) is 6.01. The molecule has 1 aliphatic rings. The first-order chi connectivity index (χ1) is 8.25. The van der Waals surface area contributed by atoms with Gasteiger partial charge >= 0.3 is 0 Å². The Morgan fingerprint density at radius 2 is 2.00 bits per heavy atom. The van der Waals surface area contributed by atoms with Gasteiger partial charge in [0.25, 0.3) is 5.91 Å². The van der Waals surface area contributed by atoms with Crippen molar-refractivity contribution in [2.45, 2.75) is 32.6 Å². The van der Waals surface area contributed by atoms with Crippen molar-refractivity contribution in [3.63, 3.8) is 0 Å². The lowest BCUT2D eigenvalue weighted by Crippen LogP contribution is -2.21. The van der Waals surface area contributed by atoms with Crippen molar-refractivity contribution >= 4 is 11.6 Å². The molecule has 2 rings (SSSR count). The Balaban J connectivity index is 1.90. The van der Waals surface area contributed by atoms with Gasteiger partial charge in [0.2, 0.25) is 0 Å². The van der Waals surface area contributed by atoms with Gasteiger partial charge in [0.15, 0.2) is 0 Å². The summed E-state index contributed by atoms with van der Waals surface area (Å²) in [5.41, 5.74) is 4.30. The molecule has 4 nitrogen and oxygen atoms in total. The quantitative estimate of drug-likeness (QED) is 0.794. The van der Waals surface area contributed by atoms with Gasteiger partial charge in [-0.2, -0.15) is 5.10 Å². The average Bonchev–Trinajstić information content (AvgIpc) is 2.39. The molecule has 0 aliphatic heterocycles. The topological polar surface area (TPSA) is 54.4 Å². The van der Waals surface area contributed by atoms with E-state index in [4.69, 9.17) is 0 Å². The SMILES string of the molecule is CC1CCC(=NNC(=O)c2ccncc2)CC1. The number of hydrogen-bond acceptors (Lipinski definition) is 3. The maximum atomic E-state index is 11.7. The van der Waals surface area contributed by atoms with Crippen LogP contribution in [0.2, 0.25) is 0 Å². The highest BCUT2D eigenvalue weighted by Gasteiger charge is 2.13. The third-order valence-electron chi connectivity index (χ3n) is 3.11. The van der Waals surface area contributed by atoms with E-state index in [0.29, 0.717) is 5.56 Å². The summed E-state index contributed by atoms with van der Waals surface area (Å²) < 4.78 is 0. The van der Waals surface area contributed by atoms with Crippen molar-refractivity contribution in [3.05, 3.63) is 30.1 Å². The monoisotopic (exact) mass is 231 g/mol. The van der Waals surface area contributed by atoms with Crippen LogP contribution in [0.3, 0.4) is 0 Å². The van der Waals surface area contributed by atoms with Gasteiger partial charge in [0, 0.05) is 23.7 Å². The predicted molar refractivity (Wildman–Crippen MR) is 66.8 cm³/mol. The van der Waals surface area contributed by atoms with Gasteiger partial charge in [0.1, 0.15) is 0 Å². The number of nitrogens with zero attached hydrogens (tertiary/aromatic N) is 2. The molecule has 0 bridgehead atoms. The molecule has 0 unspecified atom stereocenters. The standard InChI is InChI=1S/C13H17N3O/c1-10-2-4-12(5-3-10)15-16-13(17)11-6-8-14-9-7-11/h6-10H,2-5H2,1H3,(H,16,17). The molecule has 0 atom stereocenters. The van der Waals surface area contributed by atoms with Crippen LogP contribution in [0.25, 0.3) is 0 Å². The van der Waals surface area contributed by atoms with Gasteiger partial charge in [-0.3, -0.25) is 9.78 Å². The van der Waals surface area contributed by atoms with Gasteiger partial charge in [-0.05, 0) is 43.7 Å². The van der Waals surface area contributed by atoms with E-state index in [1.807, 2.05) is 0 Å². The molecule has 17 heavy (non-hydrogen) atoms. The van der Waals surface area contributed by atoms with Crippen LogP contribution in [0.15, 0.2) is 29.6 Å². The lowest BCUT2D eigenvalue weighted by atomic mass is 9.90. The molecule has 1 N–H and O–H groups in total. The highest BCUT2D eigenvalue weighted by molar-refractivity contribution is 5.95. The molecular formula is C13H17N3O. The summed E-state index contributed by atoms with van der Waals surface area (Å²) >= 11 is 0. The van der Waals surface area contributed by atoms with Gasteiger partial charge in [0.05, 0.1) is 0 Å². The first kappa shape index (κ1) is 11.8. The van der Waals surface area contributed by atoms with Gasteiger partial charge < -0.3 is 0 Å². The van der Waals surface area contributed by atoms with Crippen molar-refractivity contribution < 1.29 is 4.79 Å². The number of nitrogens with one attached hydrogen (secondary N) is 1. The van der Waals surface area contributed by atoms with Crippen molar-refractivity contribution in [1.29, 1.82) is 0 Å². The summed E-state index contributed by atoms with van der Waals surface area (Å²) in [4.78, 5) is 15.6. The van der Waals surface area contributed by atoms with Crippen LogP contribution < -0.4 is 5.43 Å². The summed E-state index contributed by atoms with van der Waals surface area (Å²) in [7, 11) is 0. The lowest BCUT2D eigenvalue weighted by Gasteiger charge is -2.18. The molecule has 1 saturated carbocycles. The Morgan fingerprint density at radius 3 is 2.65 bits per heavy atom. The fraction of sp³-hybridized carbons (Fsp3) is 0.462. The van der Waals surface area contributed by atoms with Crippen molar-refractivity contribution in [1.82, 2.24) is 10.4 Å². The summed E-state index contributed by atoms with van der Waals surface area (Å²) in [6.45, 7) is 2.26. The van der Waals surface area contributed by atoms with Crippen LogP contribution in [0.1, 0.15) is 43.0 Å². The first-order valence-corrected chi connectivity index (χ1v) is 6.01. The van der Waals surface area contributed by atoms with E-state index in [1.165, 1.54) is 12.8 Å².